The average Bonchev–Trinajstić information content (AvgIpc) is 2.78. The Morgan fingerprint density at radius 3 is 2.68 bits per heavy atom. The maximum atomic E-state index is 12.9. The summed E-state index contributed by atoms with van der Waals surface area (Å²) in [5, 5.41) is 8.73. The molecule has 0 aromatic heterocycles. The zero-order chi connectivity index (χ0) is 16.5. The van der Waals surface area contributed by atoms with Crippen LogP contribution >= 0.6 is 0 Å². The van der Waals surface area contributed by atoms with E-state index >= 15 is 0 Å². The molecular weight excluding hydrogens is 303 g/mol. The number of primary amides is 1. The fourth-order valence-electron chi connectivity index (χ4n) is 2.19. The van der Waals surface area contributed by atoms with Gasteiger partial charge in [0.1, 0.15) is 0 Å². The van der Waals surface area contributed by atoms with Crippen molar-refractivity contribution >= 4 is 17.7 Å². The van der Waals surface area contributed by atoms with E-state index in [1.807, 2.05) is 0 Å². The molecule has 6 nitrogen and oxygen atoms in total. The summed E-state index contributed by atoms with van der Waals surface area (Å²) in [6.07, 6.45) is -6.82. The standard InChI is InChI=1S/C13H10F3N3O3/c14-13(15,16)9-5-8(2-1-7(9)6-17)19-4-3-10(11(19)20)22-12(18)21/h1-2,5,10H,3-4H2,(H2,18,21). The van der Waals surface area contributed by atoms with Crippen molar-refractivity contribution in [3.8, 4) is 6.07 Å². The number of nitrogens with two attached hydrogens (primary N) is 1. The van der Waals surface area contributed by atoms with Gasteiger partial charge in [0.15, 0.2) is 6.10 Å². The number of amides is 2. The number of nitriles is 1. The number of ether oxygens (including phenoxy) is 1. The number of hydrogen-bond donors (Lipinski definition) is 1. The summed E-state index contributed by atoms with van der Waals surface area (Å²) in [7, 11) is 0. The Balaban J connectivity index is 2.33. The number of anilines is 1. The first-order valence-electron chi connectivity index (χ1n) is 6.13. The van der Waals surface area contributed by atoms with Gasteiger partial charge in [-0.05, 0) is 18.2 Å². The number of rotatable bonds is 2. The van der Waals surface area contributed by atoms with E-state index in [4.69, 9.17) is 11.0 Å². The molecule has 1 saturated heterocycles. The summed E-state index contributed by atoms with van der Waals surface area (Å²) in [6, 6.07) is 4.41. The second-order valence-corrected chi connectivity index (χ2v) is 4.54. The van der Waals surface area contributed by atoms with Crippen molar-refractivity contribution in [2.45, 2.75) is 18.7 Å². The van der Waals surface area contributed by atoms with Gasteiger partial charge in [-0.3, -0.25) is 4.79 Å². The highest BCUT2D eigenvalue weighted by Gasteiger charge is 2.38. The van der Waals surface area contributed by atoms with Crippen LogP contribution in [0.15, 0.2) is 18.2 Å². The van der Waals surface area contributed by atoms with Crippen molar-refractivity contribution in [3.63, 3.8) is 0 Å². The quantitative estimate of drug-likeness (QED) is 0.900. The van der Waals surface area contributed by atoms with Gasteiger partial charge in [-0.1, -0.05) is 0 Å². The lowest BCUT2D eigenvalue weighted by molar-refractivity contribution is -0.137. The van der Waals surface area contributed by atoms with E-state index in [9.17, 15) is 22.8 Å². The molecule has 0 bridgehead atoms. The zero-order valence-electron chi connectivity index (χ0n) is 11.1. The molecule has 2 rings (SSSR count). The van der Waals surface area contributed by atoms with Crippen LogP contribution in [0.2, 0.25) is 0 Å². The molecule has 1 atom stereocenters. The molecule has 116 valence electrons. The van der Waals surface area contributed by atoms with Gasteiger partial charge in [0.05, 0.1) is 17.2 Å². The molecule has 2 N–H and O–H groups in total. The molecule has 1 aromatic carbocycles. The van der Waals surface area contributed by atoms with Crippen molar-refractivity contribution < 1.29 is 27.5 Å². The van der Waals surface area contributed by atoms with E-state index in [0.717, 1.165) is 17.0 Å². The fourth-order valence-corrected chi connectivity index (χ4v) is 2.19. The van der Waals surface area contributed by atoms with E-state index < -0.39 is 35.4 Å². The van der Waals surface area contributed by atoms with E-state index in [-0.39, 0.29) is 18.7 Å². The van der Waals surface area contributed by atoms with Gasteiger partial charge in [0, 0.05) is 18.7 Å². The summed E-state index contributed by atoms with van der Waals surface area (Å²) in [6.45, 7) is 0.0833. The zero-order valence-corrected chi connectivity index (χ0v) is 11.1. The number of benzene rings is 1. The second-order valence-electron chi connectivity index (χ2n) is 4.54. The molecule has 9 heteroatoms. The van der Waals surface area contributed by atoms with Crippen LogP contribution in [0.5, 0.6) is 0 Å². The Hall–Kier alpha value is -2.76. The Morgan fingerprint density at radius 1 is 1.45 bits per heavy atom. The van der Waals surface area contributed by atoms with Crippen LogP contribution in [0.3, 0.4) is 0 Å². The lowest BCUT2D eigenvalue weighted by Gasteiger charge is -2.18. The summed E-state index contributed by atoms with van der Waals surface area (Å²) in [5.74, 6) is -0.656. The molecule has 0 aliphatic carbocycles. The largest absolute Gasteiger partial charge is 0.436 e. The summed E-state index contributed by atoms with van der Waals surface area (Å²) in [4.78, 5) is 23.7. The molecule has 1 aromatic rings. The molecule has 0 radical (unpaired) electrons. The van der Waals surface area contributed by atoms with Crippen LogP contribution in [0, 0.1) is 11.3 Å². The van der Waals surface area contributed by atoms with Crippen LogP contribution < -0.4 is 10.6 Å². The molecular formula is C13H10F3N3O3. The molecule has 1 heterocycles. The van der Waals surface area contributed by atoms with Crippen LogP contribution in [0.25, 0.3) is 0 Å². The van der Waals surface area contributed by atoms with Gasteiger partial charge in [0.25, 0.3) is 5.91 Å². The molecule has 1 unspecified atom stereocenters. The molecule has 1 fully saturated rings. The molecule has 0 spiro atoms. The highest BCUT2D eigenvalue weighted by atomic mass is 19.4. The Morgan fingerprint density at radius 2 is 2.14 bits per heavy atom. The van der Waals surface area contributed by atoms with Gasteiger partial charge in [-0.15, -0.1) is 0 Å². The first kappa shape index (κ1) is 15.6. The number of carbonyl (C=O) groups excluding carboxylic acids is 2. The Kier molecular flexibility index (Phi) is 3.95. The minimum absolute atomic E-state index is 0.0214. The third-order valence-corrected chi connectivity index (χ3v) is 3.16. The number of carbonyl (C=O) groups is 2. The first-order valence-corrected chi connectivity index (χ1v) is 6.13. The lowest BCUT2D eigenvalue weighted by Crippen LogP contribution is -2.33. The molecule has 22 heavy (non-hydrogen) atoms. The first-order chi connectivity index (χ1) is 10.2. The monoisotopic (exact) mass is 313 g/mol. The van der Waals surface area contributed by atoms with Crippen molar-refractivity contribution in [1.82, 2.24) is 0 Å². The highest BCUT2D eigenvalue weighted by Crippen LogP contribution is 2.35. The number of alkyl halides is 3. The van der Waals surface area contributed by atoms with E-state index in [0.29, 0.717) is 0 Å². The van der Waals surface area contributed by atoms with Crippen molar-refractivity contribution in [3.05, 3.63) is 29.3 Å². The molecule has 1 aliphatic heterocycles. The van der Waals surface area contributed by atoms with Gasteiger partial charge in [0.2, 0.25) is 0 Å². The minimum atomic E-state index is -4.72. The predicted molar refractivity (Wildman–Crippen MR) is 67.6 cm³/mol. The van der Waals surface area contributed by atoms with Crippen molar-refractivity contribution in [2.75, 3.05) is 11.4 Å². The molecule has 2 amide bonds. The summed E-state index contributed by atoms with van der Waals surface area (Å²) in [5.41, 5.74) is 3.14. The smallest absolute Gasteiger partial charge is 0.417 e. The van der Waals surface area contributed by atoms with Crippen LogP contribution in [0.4, 0.5) is 23.7 Å². The van der Waals surface area contributed by atoms with Crippen molar-refractivity contribution in [2.24, 2.45) is 5.73 Å². The van der Waals surface area contributed by atoms with Gasteiger partial charge in [-0.25, -0.2) is 4.79 Å². The van der Waals surface area contributed by atoms with Gasteiger partial charge in [-0.2, -0.15) is 18.4 Å². The van der Waals surface area contributed by atoms with Gasteiger partial charge >= 0.3 is 12.3 Å². The Bertz CT molecular complexity index is 667. The summed E-state index contributed by atoms with van der Waals surface area (Å²) >= 11 is 0. The minimum Gasteiger partial charge on any atom is -0.436 e. The second kappa shape index (κ2) is 5.55. The SMILES string of the molecule is N#Cc1ccc(N2CCC(OC(N)=O)C2=O)cc1C(F)(F)F. The predicted octanol–water partition coefficient (Wildman–Crippen LogP) is 1.78. The third kappa shape index (κ3) is 2.95. The van der Waals surface area contributed by atoms with Crippen LogP contribution in [-0.2, 0) is 15.7 Å². The van der Waals surface area contributed by atoms with Gasteiger partial charge < -0.3 is 15.4 Å². The van der Waals surface area contributed by atoms with Crippen LogP contribution in [-0.4, -0.2) is 24.6 Å². The normalized spacial score (nSPS) is 18.2. The maximum absolute atomic E-state index is 12.9. The summed E-state index contributed by atoms with van der Waals surface area (Å²) < 4.78 is 43.3. The average molecular weight is 313 g/mol. The highest BCUT2D eigenvalue weighted by molar-refractivity contribution is 5.99. The van der Waals surface area contributed by atoms with E-state index in [2.05, 4.69) is 4.74 Å². The lowest BCUT2D eigenvalue weighted by atomic mass is 10.1. The number of halogens is 3. The van der Waals surface area contributed by atoms with Crippen LogP contribution in [0.1, 0.15) is 17.5 Å². The topological polar surface area (TPSA) is 96.4 Å². The van der Waals surface area contributed by atoms with E-state index in [1.54, 1.807) is 0 Å². The molecule has 1 aliphatic rings. The fraction of sp³-hybridized carbons (Fsp3) is 0.308. The number of nitrogens with zero attached hydrogens (tertiary/aromatic N) is 2. The number of hydrogen-bond acceptors (Lipinski definition) is 4. The third-order valence-electron chi connectivity index (χ3n) is 3.16. The molecule has 0 saturated carbocycles. The van der Waals surface area contributed by atoms with E-state index in [1.165, 1.54) is 12.1 Å². The van der Waals surface area contributed by atoms with Crippen molar-refractivity contribution in [1.29, 1.82) is 5.26 Å². The Labute approximate surface area is 122 Å². The maximum Gasteiger partial charge on any atom is 0.417 e.